The average molecular weight is 295 g/mol. The Labute approximate surface area is 131 Å². The van der Waals surface area contributed by atoms with Gasteiger partial charge in [-0.05, 0) is 25.5 Å². The Morgan fingerprint density at radius 2 is 2.00 bits per heavy atom. The van der Waals surface area contributed by atoms with Crippen molar-refractivity contribution in [2.24, 2.45) is 0 Å². The molecule has 0 radical (unpaired) electrons. The van der Waals surface area contributed by atoms with Crippen LogP contribution in [0.25, 0.3) is 0 Å². The number of aromatic nitrogens is 2. The monoisotopic (exact) mass is 295 g/mol. The van der Waals surface area contributed by atoms with Crippen LogP contribution in [0.5, 0.6) is 0 Å². The minimum atomic E-state index is 0.501. The molecule has 0 aliphatic heterocycles. The fourth-order valence-corrected chi connectivity index (χ4v) is 2.12. The van der Waals surface area contributed by atoms with Crippen molar-refractivity contribution in [3.05, 3.63) is 41.6 Å². The summed E-state index contributed by atoms with van der Waals surface area (Å²) in [6.45, 7) is 5.02. The zero-order valence-corrected chi connectivity index (χ0v) is 13.1. The third kappa shape index (κ3) is 4.45. The van der Waals surface area contributed by atoms with E-state index in [4.69, 9.17) is 5.26 Å². The minimum absolute atomic E-state index is 0.501. The van der Waals surface area contributed by atoms with Crippen molar-refractivity contribution in [3.8, 4) is 6.07 Å². The van der Waals surface area contributed by atoms with E-state index < -0.39 is 0 Å². The Bertz CT molecular complexity index is 660. The van der Waals surface area contributed by atoms with Gasteiger partial charge in [-0.15, -0.1) is 0 Å². The maximum atomic E-state index is 9.13. The number of nitrogens with one attached hydrogen (secondary N) is 2. The summed E-state index contributed by atoms with van der Waals surface area (Å²) >= 11 is 0. The van der Waals surface area contributed by atoms with Gasteiger partial charge in [-0.2, -0.15) is 10.2 Å². The molecule has 2 N–H and O–H groups in total. The highest BCUT2D eigenvalue weighted by Gasteiger charge is 2.05. The molecule has 114 valence electrons. The molecular formula is C17H21N5. The van der Waals surface area contributed by atoms with Gasteiger partial charge in [0.2, 0.25) is 5.95 Å². The van der Waals surface area contributed by atoms with Crippen molar-refractivity contribution in [1.29, 1.82) is 5.26 Å². The zero-order chi connectivity index (χ0) is 15.8. The number of hydrogen-bond acceptors (Lipinski definition) is 5. The Balaban J connectivity index is 2.11. The number of unbranched alkanes of at least 4 members (excludes halogenated alkanes) is 2. The van der Waals surface area contributed by atoms with Crippen LogP contribution in [-0.2, 0) is 0 Å². The Kier molecular flexibility index (Phi) is 5.73. The lowest BCUT2D eigenvalue weighted by Crippen LogP contribution is -2.07. The standard InChI is InChI=1S/C17H21N5/c1-3-4-7-10-19-16-11-13(2)20-17(22-16)21-15-9-6-5-8-14(15)12-18/h5-6,8-9,11H,3-4,7,10H2,1-2H3,(H2,19,20,21,22). The molecule has 0 unspecified atom stereocenters. The van der Waals surface area contributed by atoms with E-state index in [-0.39, 0.29) is 0 Å². The third-order valence-corrected chi connectivity index (χ3v) is 3.23. The van der Waals surface area contributed by atoms with E-state index in [1.54, 1.807) is 6.07 Å². The molecule has 5 heteroatoms. The summed E-state index contributed by atoms with van der Waals surface area (Å²) in [7, 11) is 0. The van der Waals surface area contributed by atoms with Gasteiger partial charge in [0.05, 0.1) is 11.3 Å². The van der Waals surface area contributed by atoms with Gasteiger partial charge in [-0.3, -0.25) is 0 Å². The second kappa shape index (κ2) is 7.99. The Morgan fingerprint density at radius 3 is 2.77 bits per heavy atom. The van der Waals surface area contributed by atoms with Crippen molar-refractivity contribution < 1.29 is 0 Å². The van der Waals surface area contributed by atoms with Crippen molar-refractivity contribution in [2.45, 2.75) is 33.1 Å². The number of hydrogen-bond donors (Lipinski definition) is 2. The fourth-order valence-electron chi connectivity index (χ4n) is 2.12. The predicted molar refractivity (Wildman–Crippen MR) is 89.2 cm³/mol. The van der Waals surface area contributed by atoms with Gasteiger partial charge in [0.15, 0.2) is 0 Å². The van der Waals surface area contributed by atoms with Crippen LogP contribution in [-0.4, -0.2) is 16.5 Å². The van der Waals surface area contributed by atoms with Crippen molar-refractivity contribution in [3.63, 3.8) is 0 Å². The van der Waals surface area contributed by atoms with E-state index in [2.05, 4.69) is 33.6 Å². The van der Waals surface area contributed by atoms with E-state index >= 15 is 0 Å². The molecule has 0 aliphatic carbocycles. The smallest absolute Gasteiger partial charge is 0.229 e. The average Bonchev–Trinajstić information content (AvgIpc) is 2.52. The van der Waals surface area contributed by atoms with E-state index in [0.717, 1.165) is 24.5 Å². The molecule has 5 nitrogen and oxygen atoms in total. The number of rotatable bonds is 7. The van der Waals surface area contributed by atoms with E-state index in [9.17, 15) is 0 Å². The van der Waals surface area contributed by atoms with Crippen LogP contribution in [0, 0.1) is 18.3 Å². The quantitative estimate of drug-likeness (QED) is 0.755. The second-order valence-corrected chi connectivity index (χ2v) is 5.13. The van der Waals surface area contributed by atoms with Crippen LogP contribution < -0.4 is 10.6 Å². The maximum absolute atomic E-state index is 9.13. The lowest BCUT2D eigenvalue weighted by molar-refractivity contribution is 0.742. The summed E-state index contributed by atoms with van der Waals surface area (Å²) in [4.78, 5) is 8.84. The van der Waals surface area contributed by atoms with Gasteiger partial charge in [0, 0.05) is 18.3 Å². The first-order valence-electron chi connectivity index (χ1n) is 7.58. The Morgan fingerprint density at radius 1 is 1.18 bits per heavy atom. The largest absolute Gasteiger partial charge is 0.370 e. The van der Waals surface area contributed by atoms with Gasteiger partial charge in [0.1, 0.15) is 11.9 Å². The zero-order valence-electron chi connectivity index (χ0n) is 13.1. The molecule has 0 saturated carbocycles. The second-order valence-electron chi connectivity index (χ2n) is 5.13. The molecular weight excluding hydrogens is 274 g/mol. The van der Waals surface area contributed by atoms with Gasteiger partial charge >= 0.3 is 0 Å². The van der Waals surface area contributed by atoms with Crippen molar-refractivity contribution in [1.82, 2.24) is 9.97 Å². The van der Waals surface area contributed by atoms with Gasteiger partial charge < -0.3 is 10.6 Å². The van der Waals surface area contributed by atoms with Crippen LogP contribution in [0.3, 0.4) is 0 Å². The molecule has 22 heavy (non-hydrogen) atoms. The van der Waals surface area contributed by atoms with Crippen LogP contribution in [0.2, 0.25) is 0 Å². The minimum Gasteiger partial charge on any atom is -0.370 e. The van der Waals surface area contributed by atoms with E-state index in [1.807, 2.05) is 31.2 Å². The number of aryl methyl sites for hydroxylation is 1. The van der Waals surface area contributed by atoms with Crippen molar-refractivity contribution >= 4 is 17.5 Å². The van der Waals surface area contributed by atoms with Gasteiger partial charge in [0.25, 0.3) is 0 Å². The molecule has 0 atom stereocenters. The van der Waals surface area contributed by atoms with E-state index in [1.165, 1.54) is 12.8 Å². The third-order valence-electron chi connectivity index (χ3n) is 3.23. The SMILES string of the molecule is CCCCCNc1cc(C)nc(Nc2ccccc2C#N)n1. The number of nitriles is 1. The first kappa shape index (κ1) is 15.8. The molecule has 0 aliphatic rings. The molecule has 2 rings (SSSR count). The first-order valence-corrected chi connectivity index (χ1v) is 7.58. The lowest BCUT2D eigenvalue weighted by atomic mass is 10.2. The summed E-state index contributed by atoms with van der Waals surface area (Å²) in [5, 5.41) is 15.6. The highest BCUT2D eigenvalue weighted by Crippen LogP contribution is 2.19. The molecule has 1 aromatic heterocycles. The summed E-state index contributed by atoms with van der Waals surface area (Å²) < 4.78 is 0. The maximum Gasteiger partial charge on any atom is 0.229 e. The summed E-state index contributed by atoms with van der Waals surface area (Å²) in [5.74, 6) is 1.31. The molecule has 0 amide bonds. The van der Waals surface area contributed by atoms with Crippen LogP contribution in [0.4, 0.5) is 17.5 Å². The van der Waals surface area contributed by atoms with Gasteiger partial charge in [-0.1, -0.05) is 31.9 Å². The van der Waals surface area contributed by atoms with Crippen molar-refractivity contribution in [2.75, 3.05) is 17.2 Å². The number of nitrogens with zero attached hydrogens (tertiary/aromatic N) is 3. The molecule has 1 heterocycles. The molecule has 0 spiro atoms. The number of benzene rings is 1. The van der Waals surface area contributed by atoms with Gasteiger partial charge in [-0.25, -0.2) is 4.98 Å². The molecule has 1 aromatic carbocycles. The molecule has 0 saturated heterocycles. The highest BCUT2D eigenvalue weighted by molar-refractivity contribution is 5.63. The number of para-hydroxylation sites is 1. The topological polar surface area (TPSA) is 73.6 Å². The first-order chi connectivity index (χ1) is 10.7. The highest BCUT2D eigenvalue weighted by atomic mass is 15.1. The normalized spacial score (nSPS) is 10.0. The summed E-state index contributed by atoms with van der Waals surface area (Å²) in [6, 6.07) is 11.4. The van der Waals surface area contributed by atoms with Crippen LogP contribution in [0.15, 0.2) is 30.3 Å². The number of anilines is 3. The van der Waals surface area contributed by atoms with Crippen LogP contribution >= 0.6 is 0 Å². The lowest BCUT2D eigenvalue weighted by Gasteiger charge is -2.10. The summed E-state index contributed by atoms with van der Waals surface area (Å²) in [6.07, 6.45) is 3.53. The fraction of sp³-hybridized carbons (Fsp3) is 0.353. The molecule has 0 bridgehead atoms. The molecule has 0 fully saturated rings. The Hall–Kier alpha value is -2.61. The molecule has 2 aromatic rings. The van der Waals surface area contributed by atoms with E-state index in [0.29, 0.717) is 17.2 Å². The predicted octanol–water partition coefficient (Wildman–Crippen LogP) is 4.00. The summed E-state index contributed by atoms with van der Waals surface area (Å²) in [5.41, 5.74) is 2.17. The van der Waals surface area contributed by atoms with Crippen LogP contribution in [0.1, 0.15) is 37.4 Å².